The van der Waals surface area contributed by atoms with Gasteiger partial charge in [0.1, 0.15) is 5.78 Å². The van der Waals surface area contributed by atoms with Gasteiger partial charge in [0.25, 0.3) is 0 Å². The largest absolute Gasteiger partial charge is 0.481 e. The molecule has 0 radical (unpaired) electrons. The Morgan fingerprint density at radius 1 is 1.19 bits per heavy atom. The van der Waals surface area contributed by atoms with Gasteiger partial charge in [0.05, 0.1) is 12.2 Å². The molecule has 0 aliphatic heterocycles. The first kappa shape index (κ1) is 22.8. The second-order valence-electron chi connectivity index (χ2n) is 7.69. The lowest BCUT2D eigenvalue weighted by Crippen LogP contribution is -2.20. The van der Waals surface area contributed by atoms with Gasteiger partial charge in [0, 0.05) is 24.7 Å². The van der Waals surface area contributed by atoms with Crippen molar-refractivity contribution in [3.63, 3.8) is 0 Å². The fourth-order valence-corrected chi connectivity index (χ4v) is 3.78. The van der Waals surface area contributed by atoms with Gasteiger partial charge < -0.3 is 15.3 Å². The average molecular weight is 369 g/mol. The minimum absolute atomic E-state index is 0.109. The van der Waals surface area contributed by atoms with Gasteiger partial charge in [-0.15, -0.1) is 0 Å². The van der Waals surface area contributed by atoms with Crippen molar-refractivity contribution in [2.45, 2.75) is 96.7 Å². The fraction of sp³-hybridized carbons (Fsp3) is 0.810. The second kappa shape index (κ2) is 12.2. The first-order valence-electron chi connectivity index (χ1n) is 10.2. The number of hydrogen-bond donors (Lipinski definition) is 3. The molecule has 26 heavy (non-hydrogen) atoms. The van der Waals surface area contributed by atoms with Crippen molar-refractivity contribution >= 4 is 11.8 Å². The summed E-state index contributed by atoms with van der Waals surface area (Å²) in [4.78, 5) is 22.7. The number of ketones is 1. The lowest BCUT2D eigenvalue weighted by Gasteiger charge is -2.20. The number of carboxylic acids is 1. The van der Waals surface area contributed by atoms with E-state index in [1.807, 2.05) is 13.0 Å². The quantitative estimate of drug-likeness (QED) is 0.339. The average Bonchev–Trinajstić information content (AvgIpc) is 2.84. The molecule has 0 amide bonds. The molecule has 1 aliphatic rings. The van der Waals surface area contributed by atoms with Gasteiger partial charge >= 0.3 is 5.97 Å². The number of carbonyl (C=O) groups is 2. The van der Waals surface area contributed by atoms with Crippen LogP contribution in [0.25, 0.3) is 0 Å². The highest BCUT2D eigenvalue weighted by Gasteiger charge is 2.39. The van der Waals surface area contributed by atoms with Gasteiger partial charge in [-0.25, -0.2) is 0 Å². The molecule has 0 aromatic heterocycles. The molecule has 5 nitrogen and oxygen atoms in total. The van der Waals surface area contributed by atoms with Crippen LogP contribution in [0.15, 0.2) is 11.6 Å². The lowest BCUT2D eigenvalue weighted by atomic mass is 9.87. The zero-order valence-corrected chi connectivity index (χ0v) is 16.3. The van der Waals surface area contributed by atoms with Crippen LogP contribution in [0.3, 0.4) is 0 Å². The Labute approximate surface area is 157 Å². The lowest BCUT2D eigenvalue weighted by molar-refractivity contribution is -0.137. The molecule has 1 fully saturated rings. The number of carbonyl (C=O) groups excluding carboxylic acids is 1. The third-order valence-corrected chi connectivity index (χ3v) is 5.45. The van der Waals surface area contributed by atoms with E-state index >= 15 is 0 Å². The van der Waals surface area contributed by atoms with E-state index < -0.39 is 18.2 Å². The Morgan fingerprint density at radius 3 is 2.54 bits per heavy atom. The summed E-state index contributed by atoms with van der Waals surface area (Å²) >= 11 is 0. The highest BCUT2D eigenvalue weighted by molar-refractivity contribution is 5.84. The maximum Gasteiger partial charge on any atom is 0.303 e. The van der Waals surface area contributed by atoms with E-state index in [-0.39, 0.29) is 30.5 Å². The van der Waals surface area contributed by atoms with Crippen LogP contribution in [-0.4, -0.2) is 39.3 Å². The summed E-state index contributed by atoms with van der Waals surface area (Å²) in [5.41, 5.74) is 0.853. The second-order valence-corrected chi connectivity index (χ2v) is 7.69. The van der Waals surface area contributed by atoms with Crippen molar-refractivity contribution in [2.24, 2.45) is 11.8 Å². The van der Waals surface area contributed by atoms with Crippen LogP contribution >= 0.6 is 0 Å². The van der Waals surface area contributed by atoms with Crippen molar-refractivity contribution < 1.29 is 24.9 Å². The molecule has 0 aromatic rings. The van der Waals surface area contributed by atoms with E-state index in [0.29, 0.717) is 6.42 Å². The third kappa shape index (κ3) is 8.00. The van der Waals surface area contributed by atoms with Gasteiger partial charge in [0.2, 0.25) is 0 Å². The van der Waals surface area contributed by atoms with Crippen LogP contribution in [0.4, 0.5) is 0 Å². The zero-order valence-electron chi connectivity index (χ0n) is 16.3. The predicted molar refractivity (Wildman–Crippen MR) is 102 cm³/mol. The van der Waals surface area contributed by atoms with Crippen molar-refractivity contribution in [3.05, 3.63) is 11.6 Å². The summed E-state index contributed by atoms with van der Waals surface area (Å²) in [5.74, 6) is -1.04. The van der Waals surface area contributed by atoms with Gasteiger partial charge in [-0.1, -0.05) is 51.5 Å². The molecule has 1 aliphatic carbocycles. The molecule has 0 heterocycles. The van der Waals surface area contributed by atoms with E-state index in [0.717, 1.165) is 56.9 Å². The van der Waals surface area contributed by atoms with E-state index in [9.17, 15) is 19.8 Å². The van der Waals surface area contributed by atoms with E-state index in [1.54, 1.807) is 0 Å². The minimum Gasteiger partial charge on any atom is -0.481 e. The molecule has 1 rings (SSSR count). The maximum absolute atomic E-state index is 12.2. The molecular formula is C21H36O5. The Morgan fingerprint density at radius 2 is 1.88 bits per heavy atom. The van der Waals surface area contributed by atoms with E-state index in [1.165, 1.54) is 0 Å². The van der Waals surface area contributed by atoms with Crippen LogP contribution in [0, 0.1) is 11.8 Å². The molecule has 150 valence electrons. The number of hydrogen-bond acceptors (Lipinski definition) is 4. The predicted octanol–water partition coefficient (Wildman–Crippen LogP) is 3.87. The molecule has 4 atom stereocenters. The molecule has 0 saturated heterocycles. The Balaban J connectivity index is 2.51. The van der Waals surface area contributed by atoms with Crippen LogP contribution in [0.2, 0.25) is 0 Å². The number of carboxylic acid groups (broad SMARTS) is 1. The Bertz CT molecular complexity index is 471. The molecule has 0 aromatic carbocycles. The number of unbranched alkanes of at least 4 members (excludes halogenated alkanes) is 5. The molecular weight excluding hydrogens is 332 g/mol. The van der Waals surface area contributed by atoms with Crippen molar-refractivity contribution in [2.75, 3.05) is 0 Å². The van der Waals surface area contributed by atoms with Crippen LogP contribution in [0.5, 0.6) is 0 Å². The molecule has 1 saturated carbocycles. The number of aliphatic carboxylic acids is 1. The van der Waals surface area contributed by atoms with Gasteiger partial charge in [-0.2, -0.15) is 0 Å². The summed E-state index contributed by atoms with van der Waals surface area (Å²) in [6.07, 6.45) is 9.09. The van der Waals surface area contributed by atoms with Crippen molar-refractivity contribution in [1.29, 1.82) is 0 Å². The summed E-state index contributed by atoms with van der Waals surface area (Å²) in [7, 11) is 0. The molecule has 0 unspecified atom stereocenters. The van der Waals surface area contributed by atoms with Gasteiger partial charge in [-0.05, 0) is 31.8 Å². The zero-order chi connectivity index (χ0) is 19.5. The van der Waals surface area contributed by atoms with E-state index in [4.69, 9.17) is 5.11 Å². The summed E-state index contributed by atoms with van der Waals surface area (Å²) in [5, 5.41) is 29.2. The number of aliphatic hydroxyl groups excluding tert-OH is 2. The first-order valence-corrected chi connectivity index (χ1v) is 10.2. The topological polar surface area (TPSA) is 94.8 Å². The smallest absolute Gasteiger partial charge is 0.303 e. The monoisotopic (exact) mass is 368 g/mol. The van der Waals surface area contributed by atoms with Crippen LogP contribution < -0.4 is 0 Å². The molecule has 5 heteroatoms. The summed E-state index contributed by atoms with van der Waals surface area (Å²) < 4.78 is 0. The Kier molecular flexibility index (Phi) is 10.7. The highest BCUT2D eigenvalue weighted by atomic mass is 16.4. The highest BCUT2D eigenvalue weighted by Crippen LogP contribution is 2.35. The SMILES string of the molecule is CCCCC[C@H](O)/C(C)=C/[C@H]1[C@H](O)CC(=O)[C@@H]1CCCCCCC(=O)O. The minimum atomic E-state index is -0.766. The number of Topliss-reactive ketones (excluding diaryl/α,β-unsaturated/α-hetero) is 1. The maximum atomic E-state index is 12.2. The standard InChI is InChI=1S/C21H36O5/c1-3-4-7-11-18(22)15(2)13-17-16(19(23)14-20(17)24)10-8-5-6-9-12-21(25)26/h13,16-18,20,22,24H,3-12,14H2,1-2H3,(H,25,26)/b15-13+/t16-,17-,18+,20-/m1/s1. The normalized spacial score (nSPS) is 24.8. The number of rotatable bonds is 13. The molecule has 0 bridgehead atoms. The third-order valence-electron chi connectivity index (χ3n) is 5.45. The van der Waals surface area contributed by atoms with Crippen molar-refractivity contribution in [3.8, 4) is 0 Å². The molecule has 3 N–H and O–H groups in total. The Hall–Kier alpha value is -1.20. The van der Waals surface area contributed by atoms with Crippen LogP contribution in [0.1, 0.15) is 84.5 Å². The van der Waals surface area contributed by atoms with Gasteiger partial charge in [-0.3, -0.25) is 9.59 Å². The summed E-state index contributed by atoms with van der Waals surface area (Å²) in [6, 6.07) is 0. The van der Waals surface area contributed by atoms with E-state index in [2.05, 4.69) is 6.92 Å². The first-order chi connectivity index (χ1) is 12.4. The van der Waals surface area contributed by atoms with Crippen LogP contribution in [-0.2, 0) is 9.59 Å². The van der Waals surface area contributed by atoms with Crippen molar-refractivity contribution in [1.82, 2.24) is 0 Å². The fourth-order valence-electron chi connectivity index (χ4n) is 3.78. The number of aliphatic hydroxyl groups is 2. The van der Waals surface area contributed by atoms with Gasteiger partial charge in [0.15, 0.2) is 0 Å². The molecule has 0 spiro atoms. The summed E-state index contributed by atoms with van der Waals surface area (Å²) in [6.45, 7) is 4.01.